The predicted octanol–water partition coefficient (Wildman–Crippen LogP) is 3.14. The van der Waals surface area contributed by atoms with E-state index in [9.17, 15) is 4.79 Å². The van der Waals surface area contributed by atoms with Crippen molar-refractivity contribution in [1.29, 1.82) is 0 Å². The molecule has 2 aliphatic heterocycles. The summed E-state index contributed by atoms with van der Waals surface area (Å²) in [6, 6.07) is 8.30. The number of hydrogen-bond acceptors (Lipinski definition) is 2. The van der Waals surface area contributed by atoms with E-state index in [1.165, 1.54) is 5.56 Å². The number of urea groups is 1. The number of halogens is 1. The Morgan fingerprint density at radius 2 is 1.83 bits per heavy atom. The summed E-state index contributed by atoms with van der Waals surface area (Å²) in [7, 11) is 0. The van der Waals surface area contributed by atoms with Crippen molar-refractivity contribution < 1.29 is 4.79 Å². The lowest BCUT2D eigenvalue weighted by Gasteiger charge is -2.36. The minimum atomic E-state index is 0.137. The van der Waals surface area contributed by atoms with Crippen LogP contribution in [-0.4, -0.2) is 48.1 Å². The first-order valence-corrected chi connectivity index (χ1v) is 9.05. The van der Waals surface area contributed by atoms with Crippen LogP contribution in [0.25, 0.3) is 0 Å². The monoisotopic (exact) mass is 335 g/mol. The Bertz CT molecular complexity index is 537. The lowest BCUT2D eigenvalue weighted by molar-refractivity contribution is 0.135. The average Bonchev–Trinajstić information content (AvgIpc) is 3.09. The van der Waals surface area contributed by atoms with Crippen LogP contribution in [0.2, 0.25) is 5.02 Å². The third kappa shape index (κ3) is 4.18. The van der Waals surface area contributed by atoms with E-state index < -0.39 is 0 Å². The number of rotatable bonds is 3. The summed E-state index contributed by atoms with van der Waals surface area (Å²) in [4.78, 5) is 16.4. The van der Waals surface area contributed by atoms with Gasteiger partial charge >= 0.3 is 6.03 Å². The molecule has 0 bridgehead atoms. The number of amides is 2. The first-order valence-electron chi connectivity index (χ1n) is 8.67. The molecule has 2 aliphatic rings. The van der Waals surface area contributed by atoms with E-state index >= 15 is 0 Å². The number of benzene rings is 1. The zero-order valence-corrected chi connectivity index (χ0v) is 14.3. The van der Waals surface area contributed by atoms with Crippen molar-refractivity contribution in [3.05, 3.63) is 34.9 Å². The molecule has 1 unspecified atom stereocenters. The molecule has 1 atom stereocenters. The van der Waals surface area contributed by atoms with E-state index in [0.29, 0.717) is 5.92 Å². The Morgan fingerprint density at radius 3 is 2.48 bits per heavy atom. The number of piperidine rings is 1. The third-order valence-electron chi connectivity index (χ3n) is 5.15. The van der Waals surface area contributed by atoms with Gasteiger partial charge in [0, 0.05) is 37.2 Å². The Hall–Kier alpha value is -1.26. The van der Waals surface area contributed by atoms with Gasteiger partial charge in [-0.1, -0.05) is 23.7 Å². The molecule has 23 heavy (non-hydrogen) atoms. The smallest absolute Gasteiger partial charge is 0.319 e. The highest BCUT2D eigenvalue weighted by atomic mass is 35.5. The van der Waals surface area contributed by atoms with Crippen molar-refractivity contribution in [3.8, 4) is 0 Å². The molecule has 2 heterocycles. The van der Waals surface area contributed by atoms with Crippen molar-refractivity contribution in [2.45, 2.75) is 38.1 Å². The first-order chi connectivity index (χ1) is 11.1. The quantitative estimate of drug-likeness (QED) is 0.922. The van der Waals surface area contributed by atoms with Crippen LogP contribution in [0.5, 0.6) is 0 Å². The number of nitrogens with zero attached hydrogens (tertiary/aromatic N) is 2. The van der Waals surface area contributed by atoms with Gasteiger partial charge in [-0.05, 0) is 55.7 Å². The lowest BCUT2D eigenvalue weighted by Crippen LogP contribution is -2.48. The minimum absolute atomic E-state index is 0.137. The highest BCUT2D eigenvalue weighted by molar-refractivity contribution is 6.30. The molecular formula is C18H26ClN3O. The molecule has 0 aliphatic carbocycles. The summed E-state index contributed by atoms with van der Waals surface area (Å²) in [5.74, 6) is 0.483. The standard InChI is InChI=1S/C18H26ClN3O/c19-16-5-3-4-14(12-16)13-17(20)15-6-10-22(11-7-15)18(23)21-8-1-2-9-21/h3-5,12,15,17H,1-2,6-11,13,20H2. The van der Waals surface area contributed by atoms with Crippen LogP contribution in [0, 0.1) is 5.92 Å². The minimum Gasteiger partial charge on any atom is -0.327 e. The van der Waals surface area contributed by atoms with Crippen molar-refractivity contribution in [3.63, 3.8) is 0 Å². The molecule has 5 heteroatoms. The molecule has 1 aromatic carbocycles. The van der Waals surface area contributed by atoms with Crippen molar-refractivity contribution in [1.82, 2.24) is 9.80 Å². The fraction of sp³-hybridized carbons (Fsp3) is 0.611. The number of hydrogen-bond donors (Lipinski definition) is 1. The van der Waals surface area contributed by atoms with Gasteiger partial charge in [0.15, 0.2) is 0 Å². The number of nitrogens with two attached hydrogens (primary N) is 1. The molecule has 1 aromatic rings. The molecule has 3 rings (SSSR count). The molecule has 0 saturated carbocycles. The number of carbonyl (C=O) groups is 1. The summed E-state index contributed by atoms with van der Waals surface area (Å²) in [6.07, 6.45) is 5.15. The van der Waals surface area contributed by atoms with Gasteiger partial charge in [-0.15, -0.1) is 0 Å². The van der Waals surface area contributed by atoms with E-state index in [4.69, 9.17) is 17.3 Å². The number of likely N-dealkylation sites (tertiary alicyclic amines) is 2. The highest BCUT2D eigenvalue weighted by Gasteiger charge is 2.29. The summed E-state index contributed by atoms with van der Waals surface area (Å²) in [6.45, 7) is 3.52. The maximum absolute atomic E-state index is 12.4. The second kappa shape index (κ2) is 7.54. The fourth-order valence-corrected chi connectivity index (χ4v) is 3.94. The van der Waals surface area contributed by atoms with E-state index in [1.807, 2.05) is 28.0 Å². The topological polar surface area (TPSA) is 49.6 Å². The second-order valence-corrected chi connectivity index (χ2v) is 7.24. The zero-order valence-electron chi connectivity index (χ0n) is 13.6. The molecule has 0 spiro atoms. The molecule has 2 fully saturated rings. The van der Waals surface area contributed by atoms with Gasteiger partial charge in [-0.25, -0.2) is 4.79 Å². The van der Waals surface area contributed by atoms with Gasteiger partial charge in [0.1, 0.15) is 0 Å². The maximum Gasteiger partial charge on any atom is 0.319 e. The predicted molar refractivity (Wildman–Crippen MR) is 93.6 cm³/mol. The first kappa shape index (κ1) is 16.6. The van der Waals surface area contributed by atoms with E-state index in [0.717, 1.165) is 63.3 Å². The Kier molecular flexibility index (Phi) is 5.44. The van der Waals surface area contributed by atoms with Crippen molar-refractivity contribution in [2.75, 3.05) is 26.2 Å². The summed E-state index contributed by atoms with van der Waals surface area (Å²) < 4.78 is 0. The largest absolute Gasteiger partial charge is 0.327 e. The lowest BCUT2D eigenvalue weighted by atomic mass is 9.86. The second-order valence-electron chi connectivity index (χ2n) is 6.80. The molecule has 2 amide bonds. The van der Waals surface area contributed by atoms with Crippen molar-refractivity contribution >= 4 is 17.6 Å². The van der Waals surface area contributed by atoms with Gasteiger partial charge in [-0.2, -0.15) is 0 Å². The number of carbonyl (C=O) groups excluding carboxylic acids is 1. The highest BCUT2D eigenvalue weighted by Crippen LogP contribution is 2.24. The Balaban J connectivity index is 1.49. The van der Waals surface area contributed by atoms with E-state index in [2.05, 4.69) is 6.07 Å². The molecule has 0 radical (unpaired) electrons. The van der Waals surface area contributed by atoms with E-state index in [-0.39, 0.29) is 12.1 Å². The molecular weight excluding hydrogens is 310 g/mol. The van der Waals surface area contributed by atoms with E-state index in [1.54, 1.807) is 0 Å². The zero-order chi connectivity index (χ0) is 16.2. The molecule has 2 N–H and O–H groups in total. The van der Waals surface area contributed by atoms with Crippen LogP contribution >= 0.6 is 11.6 Å². The van der Waals surface area contributed by atoms with Gasteiger partial charge in [-0.3, -0.25) is 0 Å². The van der Waals surface area contributed by atoms with Crippen molar-refractivity contribution in [2.24, 2.45) is 11.7 Å². The summed E-state index contributed by atoms with van der Waals surface area (Å²) in [5.41, 5.74) is 7.61. The van der Waals surface area contributed by atoms with Crippen LogP contribution in [-0.2, 0) is 6.42 Å². The van der Waals surface area contributed by atoms with Crippen LogP contribution in [0.4, 0.5) is 4.79 Å². The molecule has 126 valence electrons. The Morgan fingerprint density at radius 1 is 1.17 bits per heavy atom. The van der Waals surface area contributed by atoms with Gasteiger partial charge in [0.05, 0.1) is 0 Å². The molecule has 4 nitrogen and oxygen atoms in total. The Labute approximate surface area is 143 Å². The fourth-order valence-electron chi connectivity index (χ4n) is 3.73. The van der Waals surface area contributed by atoms with Crippen LogP contribution < -0.4 is 5.73 Å². The maximum atomic E-state index is 12.4. The normalized spacial score (nSPS) is 20.8. The van der Waals surface area contributed by atoms with Crippen LogP contribution in [0.15, 0.2) is 24.3 Å². The molecule has 2 saturated heterocycles. The van der Waals surface area contributed by atoms with Gasteiger partial charge in [0.2, 0.25) is 0 Å². The third-order valence-corrected chi connectivity index (χ3v) is 5.39. The summed E-state index contributed by atoms with van der Waals surface area (Å²) in [5, 5.41) is 0.765. The SMILES string of the molecule is NC(Cc1cccc(Cl)c1)C1CCN(C(=O)N2CCCC2)CC1. The van der Waals surface area contributed by atoms with Crippen LogP contribution in [0.1, 0.15) is 31.2 Å². The van der Waals surface area contributed by atoms with Crippen LogP contribution in [0.3, 0.4) is 0 Å². The summed E-state index contributed by atoms with van der Waals surface area (Å²) >= 11 is 6.04. The average molecular weight is 336 g/mol. The van der Waals surface area contributed by atoms with Gasteiger partial charge in [0.25, 0.3) is 0 Å². The van der Waals surface area contributed by atoms with Gasteiger partial charge < -0.3 is 15.5 Å². The molecule has 0 aromatic heterocycles.